The van der Waals surface area contributed by atoms with Gasteiger partial charge in [0.25, 0.3) is 0 Å². The molecular formula is C28H25NO6S. The highest BCUT2D eigenvalue weighted by molar-refractivity contribution is 7.89. The monoisotopic (exact) mass is 503 g/mol. The van der Waals surface area contributed by atoms with Gasteiger partial charge in [0.15, 0.2) is 0 Å². The highest BCUT2D eigenvalue weighted by atomic mass is 32.2. The summed E-state index contributed by atoms with van der Waals surface area (Å²) in [5.41, 5.74) is 3.01. The van der Waals surface area contributed by atoms with Gasteiger partial charge in [0.1, 0.15) is 17.4 Å². The van der Waals surface area contributed by atoms with E-state index in [1.54, 1.807) is 54.6 Å². The van der Waals surface area contributed by atoms with Crippen molar-refractivity contribution in [1.29, 1.82) is 0 Å². The van der Waals surface area contributed by atoms with Crippen molar-refractivity contribution in [2.45, 2.75) is 43.5 Å². The van der Waals surface area contributed by atoms with Crippen molar-refractivity contribution in [2.75, 3.05) is 0 Å². The molecule has 1 aliphatic rings. The summed E-state index contributed by atoms with van der Waals surface area (Å²) in [4.78, 5) is 25.8. The zero-order valence-electron chi connectivity index (χ0n) is 19.7. The first-order chi connectivity index (χ1) is 17.3. The van der Waals surface area contributed by atoms with E-state index in [0.29, 0.717) is 23.1 Å². The fraction of sp³-hybridized carbons (Fsp3) is 0.214. The fourth-order valence-electron chi connectivity index (χ4n) is 4.50. The number of hydrogen-bond acceptors (Lipinski definition) is 6. The Hall–Kier alpha value is -3.75. The van der Waals surface area contributed by atoms with Gasteiger partial charge in [0.2, 0.25) is 10.0 Å². The third-order valence-electron chi connectivity index (χ3n) is 6.39. The standard InChI is InChI=1S/C28H25NO6S/c1-18-11-14-21(15-12-18)36(32,33)29-26(19-7-3-2-4-8-19)28(31)34-20-13-16-23-22-9-5-6-10-24(22)27(30)35-25(23)17-20/h2-4,7-8,11-17,26,29H,5-6,9-10H2,1H3. The first kappa shape index (κ1) is 24.0. The average molecular weight is 504 g/mol. The van der Waals surface area contributed by atoms with Crippen LogP contribution in [-0.2, 0) is 27.7 Å². The Morgan fingerprint density at radius 1 is 0.944 bits per heavy atom. The minimum Gasteiger partial charge on any atom is -0.425 e. The first-order valence-electron chi connectivity index (χ1n) is 11.8. The molecule has 4 aromatic rings. The van der Waals surface area contributed by atoms with Gasteiger partial charge in [-0.1, -0.05) is 48.0 Å². The van der Waals surface area contributed by atoms with E-state index in [-0.39, 0.29) is 16.3 Å². The summed E-state index contributed by atoms with van der Waals surface area (Å²) in [6, 6.07) is 18.4. The number of hydrogen-bond donors (Lipinski definition) is 1. The van der Waals surface area contributed by atoms with Crippen LogP contribution in [0.4, 0.5) is 0 Å². The third kappa shape index (κ3) is 4.82. The molecule has 0 fully saturated rings. The highest BCUT2D eigenvalue weighted by Gasteiger charge is 2.29. The SMILES string of the molecule is Cc1ccc(S(=O)(=O)NC(C(=O)Oc2ccc3c4c(c(=O)oc3c2)CCCC4)c2ccccc2)cc1. The summed E-state index contributed by atoms with van der Waals surface area (Å²) in [7, 11) is -4.02. The van der Waals surface area contributed by atoms with Crippen LogP contribution in [0.5, 0.6) is 5.75 Å². The summed E-state index contributed by atoms with van der Waals surface area (Å²) < 4.78 is 39.7. The van der Waals surface area contributed by atoms with E-state index < -0.39 is 22.0 Å². The van der Waals surface area contributed by atoms with Crippen LogP contribution in [0.1, 0.15) is 41.1 Å². The number of sulfonamides is 1. The van der Waals surface area contributed by atoms with E-state index in [9.17, 15) is 18.0 Å². The number of esters is 1. The maximum atomic E-state index is 13.3. The summed E-state index contributed by atoms with van der Waals surface area (Å²) in [6.45, 7) is 1.86. The molecule has 1 aromatic heterocycles. The average Bonchev–Trinajstić information content (AvgIpc) is 2.88. The molecule has 0 bridgehead atoms. The molecule has 0 spiro atoms. The van der Waals surface area contributed by atoms with Crippen molar-refractivity contribution in [1.82, 2.24) is 4.72 Å². The molecule has 0 saturated carbocycles. The van der Waals surface area contributed by atoms with E-state index >= 15 is 0 Å². The van der Waals surface area contributed by atoms with Crippen LogP contribution in [0.3, 0.4) is 0 Å². The molecule has 1 N–H and O–H groups in total. The zero-order valence-corrected chi connectivity index (χ0v) is 20.5. The Labute approximate surface area is 208 Å². The second-order valence-electron chi connectivity index (χ2n) is 8.91. The smallest absolute Gasteiger partial charge is 0.339 e. The van der Waals surface area contributed by atoms with E-state index in [2.05, 4.69) is 4.72 Å². The lowest BCUT2D eigenvalue weighted by Crippen LogP contribution is -2.36. The molecule has 0 amide bonds. The topological polar surface area (TPSA) is 103 Å². The number of fused-ring (bicyclic) bond motifs is 3. The molecule has 36 heavy (non-hydrogen) atoms. The van der Waals surface area contributed by atoms with Gasteiger partial charge in [-0.3, -0.25) is 0 Å². The lowest BCUT2D eigenvalue weighted by atomic mass is 9.91. The summed E-state index contributed by atoms with van der Waals surface area (Å²) in [5.74, 6) is -0.654. The van der Waals surface area contributed by atoms with E-state index in [1.807, 2.05) is 6.92 Å². The minimum atomic E-state index is -4.02. The van der Waals surface area contributed by atoms with Gasteiger partial charge < -0.3 is 9.15 Å². The van der Waals surface area contributed by atoms with Crippen LogP contribution in [-0.4, -0.2) is 14.4 Å². The van der Waals surface area contributed by atoms with Gasteiger partial charge >= 0.3 is 11.6 Å². The minimum absolute atomic E-state index is 0.0408. The quantitative estimate of drug-likeness (QED) is 0.234. The van der Waals surface area contributed by atoms with E-state index in [4.69, 9.17) is 9.15 Å². The molecule has 1 unspecified atom stereocenters. The van der Waals surface area contributed by atoms with Crippen molar-refractivity contribution >= 4 is 27.0 Å². The number of ether oxygens (including phenoxy) is 1. The van der Waals surface area contributed by atoms with Gasteiger partial charge in [-0.15, -0.1) is 0 Å². The van der Waals surface area contributed by atoms with Gasteiger partial charge in [-0.05, 0) is 68.0 Å². The Balaban J connectivity index is 1.46. The Kier molecular flexibility index (Phi) is 6.47. The summed E-state index contributed by atoms with van der Waals surface area (Å²) >= 11 is 0. The maximum absolute atomic E-state index is 13.3. The van der Waals surface area contributed by atoms with Crippen LogP contribution in [0.2, 0.25) is 0 Å². The molecule has 5 rings (SSSR count). The summed E-state index contributed by atoms with van der Waals surface area (Å²) in [6.07, 6.45) is 3.46. The molecule has 7 nitrogen and oxygen atoms in total. The van der Waals surface area contributed by atoms with Crippen LogP contribution in [0.15, 0.2) is 86.9 Å². The van der Waals surface area contributed by atoms with Crippen molar-refractivity contribution in [3.8, 4) is 5.75 Å². The van der Waals surface area contributed by atoms with E-state index in [0.717, 1.165) is 35.8 Å². The van der Waals surface area contributed by atoms with Crippen LogP contribution < -0.4 is 15.1 Å². The molecule has 0 radical (unpaired) electrons. The number of carbonyl (C=O) groups excluding carboxylic acids is 1. The largest absolute Gasteiger partial charge is 0.425 e. The molecule has 184 valence electrons. The summed E-state index contributed by atoms with van der Waals surface area (Å²) in [5, 5.41) is 0.823. The predicted octanol–water partition coefficient (Wildman–Crippen LogP) is 4.61. The fourth-order valence-corrected chi connectivity index (χ4v) is 5.68. The molecular weight excluding hydrogens is 478 g/mol. The van der Waals surface area contributed by atoms with Crippen LogP contribution in [0, 0.1) is 6.92 Å². The maximum Gasteiger partial charge on any atom is 0.339 e. The molecule has 0 aliphatic heterocycles. The number of benzene rings is 3. The number of nitrogens with one attached hydrogen (secondary N) is 1. The zero-order chi connectivity index (χ0) is 25.3. The Morgan fingerprint density at radius 3 is 2.36 bits per heavy atom. The second-order valence-corrected chi connectivity index (χ2v) is 10.6. The van der Waals surface area contributed by atoms with Crippen LogP contribution >= 0.6 is 0 Å². The molecule has 8 heteroatoms. The molecule has 1 heterocycles. The molecule has 0 saturated heterocycles. The molecule has 1 aliphatic carbocycles. The number of rotatable bonds is 6. The van der Waals surface area contributed by atoms with Gasteiger partial charge in [0, 0.05) is 17.0 Å². The lowest BCUT2D eigenvalue weighted by molar-refractivity contribution is -0.136. The predicted molar refractivity (Wildman–Crippen MR) is 135 cm³/mol. The van der Waals surface area contributed by atoms with Crippen molar-refractivity contribution in [3.63, 3.8) is 0 Å². The van der Waals surface area contributed by atoms with Gasteiger partial charge in [0.05, 0.1) is 4.90 Å². The second kappa shape index (κ2) is 9.72. The molecule has 3 aromatic carbocycles. The number of carbonyl (C=O) groups is 1. The van der Waals surface area contributed by atoms with E-state index in [1.165, 1.54) is 18.2 Å². The van der Waals surface area contributed by atoms with Crippen molar-refractivity contribution in [3.05, 3.63) is 105 Å². The van der Waals surface area contributed by atoms with Crippen LogP contribution in [0.25, 0.3) is 11.0 Å². The Morgan fingerprint density at radius 2 is 1.64 bits per heavy atom. The van der Waals surface area contributed by atoms with Crippen molar-refractivity contribution in [2.24, 2.45) is 0 Å². The lowest BCUT2D eigenvalue weighted by Gasteiger charge is -2.19. The third-order valence-corrected chi connectivity index (χ3v) is 7.83. The Bertz CT molecular complexity index is 1590. The molecule has 1 atom stereocenters. The first-order valence-corrected chi connectivity index (χ1v) is 13.2. The highest BCUT2D eigenvalue weighted by Crippen LogP contribution is 2.30. The van der Waals surface area contributed by atoms with Gasteiger partial charge in [-0.2, -0.15) is 4.72 Å². The van der Waals surface area contributed by atoms with Gasteiger partial charge in [-0.25, -0.2) is 18.0 Å². The van der Waals surface area contributed by atoms with Crippen molar-refractivity contribution < 1.29 is 22.4 Å². The number of aryl methyl sites for hydroxylation is 2. The normalized spacial score (nSPS) is 14.2.